The second-order valence-corrected chi connectivity index (χ2v) is 8.75. The van der Waals surface area contributed by atoms with E-state index >= 15 is 0 Å². The van der Waals surface area contributed by atoms with E-state index in [0.717, 1.165) is 13.0 Å². The van der Waals surface area contributed by atoms with Crippen LogP contribution >= 0.6 is 11.6 Å². The second-order valence-electron chi connectivity index (χ2n) is 8.39. The average Bonchev–Trinajstić information content (AvgIpc) is 3.19. The predicted molar refractivity (Wildman–Crippen MR) is 121 cm³/mol. The molecule has 0 aliphatic carbocycles. The molecule has 0 unspecified atom stereocenters. The Bertz CT molecular complexity index is 1120. The van der Waals surface area contributed by atoms with Gasteiger partial charge in [0.2, 0.25) is 0 Å². The van der Waals surface area contributed by atoms with Gasteiger partial charge >= 0.3 is 12.1 Å². The molecule has 2 aliphatic heterocycles. The molecule has 4 rings (SSSR count). The molecule has 2 aliphatic rings. The summed E-state index contributed by atoms with van der Waals surface area (Å²) in [7, 11) is 3.65. The minimum Gasteiger partial charge on any atom is -0.465 e. The van der Waals surface area contributed by atoms with Crippen LogP contribution in [0.15, 0.2) is 6.20 Å². The number of amides is 1. The molecule has 1 amide bonds. The van der Waals surface area contributed by atoms with Gasteiger partial charge in [-0.2, -0.15) is 15.2 Å². The Labute approximate surface area is 200 Å². The minimum atomic E-state index is -1.09. The zero-order valence-corrected chi connectivity index (χ0v) is 19.6. The van der Waals surface area contributed by atoms with Crippen molar-refractivity contribution in [1.82, 2.24) is 24.8 Å². The van der Waals surface area contributed by atoms with E-state index in [-0.39, 0.29) is 54.9 Å². The highest BCUT2D eigenvalue weighted by Gasteiger charge is 2.33. The zero-order valence-electron chi connectivity index (χ0n) is 18.8. The molecular formula is C21H25ClFN7O4. The normalized spacial score (nSPS) is 23.3. The van der Waals surface area contributed by atoms with Crippen LogP contribution in [-0.2, 0) is 4.74 Å². The zero-order chi connectivity index (χ0) is 24.4. The lowest BCUT2D eigenvalue weighted by Gasteiger charge is -2.39. The van der Waals surface area contributed by atoms with Crippen LogP contribution in [0.25, 0.3) is 10.9 Å². The van der Waals surface area contributed by atoms with Crippen LogP contribution in [0.3, 0.4) is 0 Å². The standard InChI is InChI=1S/C21H25ClFN7O4/c1-28-10-14(33-2)7-13(28)11-34-20-26-17-15(8-25-18(22)16(17)23)19(27-20)29-5-6-30(21(31)32)12(9-29)3-4-24/h8,12-14H,3,5-7,9-11H2,1-2H3,(H,31,32)/t12-,13-,14+/m0/s1. The van der Waals surface area contributed by atoms with E-state index in [2.05, 4.69) is 19.9 Å². The number of likely N-dealkylation sites (N-methyl/N-ethyl adjacent to an activating group) is 1. The van der Waals surface area contributed by atoms with Crippen molar-refractivity contribution in [2.75, 3.05) is 51.8 Å². The fraction of sp³-hybridized carbons (Fsp3) is 0.571. The monoisotopic (exact) mass is 493 g/mol. The van der Waals surface area contributed by atoms with E-state index in [9.17, 15) is 14.3 Å². The van der Waals surface area contributed by atoms with Crippen LogP contribution < -0.4 is 9.64 Å². The van der Waals surface area contributed by atoms with E-state index in [4.69, 9.17) is 26.3 Å². The number of hydrogen-bond donors (Lipinski definition) is 1. The van der Waals surface area contributed by atoms with Crippen molar-refractivity contribution in [2.45, 2.75) is 31.0 Å². The first-order valence-electron chi connectivity index (χ1n) is 10.8. The Morgan fingerprint density at radius 1 is 1.35 bits per heavy atom. The molecule has 0 saturated carbocycles. The predicted octanol–water partition coefficient (Wildman–Crippen LogP) is 2.00. The number of pyridine rings is 1. The molecule has 4 heterocycles. The number of fused-ring (bicyclic) bond motifs is 1. The fourth-order valence-corrected chi connectivity index (χ4v) is 4.59. The van der Waals surface area contributed by atoms with Crippen LogP contribution in [-0.4, -0.2) is 101 Å². The summed E-state index contributed by atoms with van der Waals surface area (Å²) in [4.78, 5) is 29.4. The van der Waals surface area contributed by atoms with Crippen LogP contribution in [0.1, 0.15) is 12.8 Å². The number of nitrogens with zero attached hydrogens (tertiary/aromatic N) is 7. The summed E-state index contributed by atoms with van der Waals surface area (Å²) < 4.78 is 26.2. The molecule has 2 aromatic heterocycles. The molecule has 13 heteroatoms. The number of nitriles is 1. The molecule has 2 saturated heterocycles. The number of piperazine rings is 1. The molecule has 2 aromatic rings. The Kier molecular flexibility index (Phi) is 7.16. The first-order valence-corrected chi connectivity index (χ1v) is 11.2. The van der Waals surface area contributed by atoms with Gasteiger partial charge in [0.05, 0.1) is 30.0 Å². The van der Waals surface area contributed by atoms with E-state index in [1.165, 1.54) is 11.1 Å². The van der Waals surface area contributed by atoms with E-state index in [1.54, 1.807) is 12.0 Å². The smallest absolute Gasteiger partial charge is 0.407 e. The maximum atomic E-state index is 14.9. The number of likely N-dealkylation sites (tertiary alicyclic amines) is 1. The number of aromatic nitrogens is 3. The van der Waals surface area contributed by atoms with Gasteiger partial charge in [-0.15, -0.1) is 0 Å². The van der Waals surface area contributed by atoms with Crippen molar-refractivity contribution in [3.8, 4) is 12.1 Å². The summed E-state index contributed by atoms with van der Waals surface area (Å²) in [5.41, 5.74) is -0.0351. The minimum absolute atomic E-state index is 0.0162. The highest BCUT2D eigenvalue weighted by molar-refractivity contribution is 6.30. The van der Waals surface area contributed by atoms with Gasteiger partial charge < -0.3 is 24.4 Å². The Balaban J connectivity index is 1.65. The second kappa shape index (κ2) is 10.1. The van der Waals surface area contributed by atoms with Crippen molar-refractivity contribution in [1.29, 1.82) is 5.26 Å². The van der Waals surface area contributed by atoms with Crippen molar-refractivity contribution >= 4 is 34.4 Å². The molecule has 2 fully saturated rings. The largest absolute Gasteiger partial charge is 0.465 e. The molecular weight excluding hydrogens is 469 g/mol. The molecule has 0 aromatic carbocycles. The third-order valence-electron chi connectivity index (χ3n) is 6.34. The van der Waals surface area contributed by atoms with Gasteiger partial charge in [-0.25, -0.2) is 14.2 Å². The number of ether oxygens (including phenoxy) is 2. The molecule has 11 nitrogen and oxygen atoms in total. The van der Waals surface area contributed by atoms with Crippen LogP contribution in [0.5, 0.6) is 6.01 Å². The third kappa shape index (κ3) is 4.77. The number of anilines is 1. The van der Waals surface area contributed by atoms with Gasteiger partial charge in [0.25, 0.3) is 0 Å². The van der Waals surface area contributed by atoms with Gasteiger partial charge in [-0.05, 0) is 13.5 Å². The van der Waals surface area contributed by atoms with Crippen LogP contribution in [0, 0.1) is 17.1 Å². The maximum Gasteiger partial charge on any atom is 0.407 e. The highest BCUT2D eigenvalue weighted by atomic mass is 35.5. The molecule has 1 N–H and O–H groups in total. The number of hydrogen-bond acceptors (Lipinski definition) is 9. The Hall–Kier alpha value is -3.01. The molecule has 34 heavy (non-hydrogen) atoms. The van der Waals surface area contributed by atoms with Gasteiger partial charge in [0.15, 0.2) is 11.0 Å². The Morgan fingerprint density at radius 3 is 2.82 bits per heavy atom. The first kappa shape index (κ1) is 24.1. The molecule has 0 bridgehead atoms. The summed E-state index contributed by atoms with van der Waals surface area (Å²) >= 11 is 5.90. The lowest BCUT2D eigenvalue weighted by molar-refractivity contribution is 0.111. The number of methoxy groups -OCH3 is 1. The average molecular weight is 494 g/mol. The number of rotatable bonds is 6. The van der Waals surface area contributed by atoms with Crippen LogP contribution in [0.2, 0.25) is 5.15 Å². The van der Waals surface area contributed by atoms with Gasteiger partial charge in [0.1, 0.15) is 17.9 Å². The maximum absolute atomic E-state index is 14.9. The molecule has 3 atom stereocenters. The summed E-state index contributed by atoms with van der Waals surface area (Å²) in [6.45, 7) is 1.73. The molecule has 0 spiro atoms. The fourth-order valence-electron chi connectivity index (χ4n) is 4.45. The van der Waals surface area contributed by atoms with Gasteiger partial charge in [-0.3, -0.25) is 4.90 Å². The number of carboxylic acid groups (broad SMARTS) is 1. The van der Waals surface area contributed by atoms with Crippen LogP contribution in [0.4, 0.5) is 15.0 Å². The molecule has 182 valence electrons. The Morgan fingerprint density at radius 2 is 2.15 bits per heavy atom. The summed E-state index contributed by atoms with van der Waals surface area (Å²) in [6.07, 6.45) is 1.20. The molecule has 0 radical (unpaired) electrons. The lowest BCUT2D eigenvalue weighted by Crippen LogP contribution is -2.55. The number of carbonyl (C=O) groups is 1. The third-order valence-corrected chi connectivity index (χ3v) is 6.61. The van der Waals surface area contributed by atoms with Crippen molar-refractivity contribution in [3.05, 3.63) is 17.2 Å². The number of halogens is 2. The van der Waals surface area contributed by atoms with E-state index in [0.29, 0.717) is 17.7 Å². The summed E-state index contributed by atoms with van der Waals surface area (Å²) in [6, 6.07) is 1.53. The van der Waals surface area contributed by atoms with E-state index < -0.39 is 18.0 Å². The quantitative estimate of drug-likeness (QED) is 0.596. The highest BCUT2D eigenvalue weighted by Crippen LogP contribution is 2.31. The summed E-state index contributed by atoms with van der Waals surface area (Å²) in [5.74, 6) is -0.437. The summed E-state index contributed by atoms with van der Waals surface area (Å²) in [5, 5.41) is 18.6. The topological polar surface area (TPSA) is 128 Å². The first-order chi connectivity index (χ1) is 16.3. The van der Waals surface area contributed by atoms with Crippen molar-refractivity contribution < 1.29 is 23.8 Å². The van der Waals surface area contributed by atoms with Gasteiger partial charge in [0, 0.05) is 45.5 Å². The van der Waals surface area contributed by atoms with Gasteiger partial charge in [-0.1, -0.05) is 11.6 Å². The van der Waals surface area contributed by atoms with Crippen molar-refractivity contribution in [3.63, 3.8) is 0 Å². The lowest BCUT2D eigenvalue weighted by atomic mass is 10.1. The SMILES string of the molecule is CO[C@@H]1C[C@@H](COc2nc(N3CCN(C(=O)O)[C@@H](CC#N)C3)c3cnc(Cl)c(F)c3n2)N(C)C1. The van der Waals surface area contributed by atoms with Crippen molar-refractivity contribution in [2.24, 2.45) is 0 Å². The van der Waals surface area contributed by atoms with E-state index in [1.807, 2.05) is 13.1 Å².